The zero-order valence-electron chi connectivity index (χ0n) is 18.3. The van der Waals surface area contributed by atoms with Crippen molar-refractivity contribution in [2.45, 2.75) is 40.5 Å². The molecule has 30 heavy (non-hydrogen) atoms. The second kappa shape index (κ2) is 10.6. The highest BCUT2D eigenvalue weighted by Crippen LogP contribution is 2.17. The molecule has 3 aromatic rings. The van der Waals surface area contributed by atoms with Crippen LogP contribution in [0, 0.1) is 13.8 Å². The highest BCUT2D eigenvalue weighted by molar-refractivity contribution is 5.79. The van der Waals surface area contributed by atoms with E-state index in [1.54, 1.807) is 7.05 Å². The van der Waals surface area contributed by atoms with E-state index in [4.69, 9.17) is 4.74 Å². The van der Waals surface area contributed by atoms with E-state index in [-0.39, 0.29) is 0 Å². The van der Waals surface area contributed by atoms with Crippen molar-refractivity contribution in [2.24, 2.45) is 4.99 Å². The summed E-state index contributed by atoms with van der Waals surface area (Å²) in [6.07, 6.45) is 0. The van der Waals surface area contributed by atoms with Crippen LogP contribution < -0.4 is 10.6 Å². The molecule has 6 nitrogen and oxygen atoms in total. The van der Waals surface area contributed by atoms with Gasteiger partial charge in [-0.05, 0) is 49.6 Å². The number of aromatic nitrogens is 2. The maximum absolute atomic E-state index is 5.45. The number of guanidine groups is 1. The van der Waals surface area contributed by atoms with Crippen LogP contribution >= 0.6 is 0 Å². The molecule has 0 aliphatic rings. The SMILES string of the molecule is CCOCc1ccc(CNC(=NC)NCc2ccccc2-n2nc(C)cc2C)cc1. The highest BCUT2D eigenvalue weighted by atomic mass is 16.5. The molecule has 0 unspecified atom stereocenters. The van der Waals surface area contributed by atoms with Gasteiger partial charge in [-0.1, -0.05) is 42.5 Å². The predicted molar refractivity (Wildman–Crippen MR) is 122 cm³/mol. The van der Waals surface area contributed by atoms with Gasteiger partial charge >= 0.3 is 0 Å². The monoisotopic (exact) mass is 405 g/mol. The van der Waals surface area contributed by atoms with Crippen LogP contribution in [0.15, 0.2) is 59.6 Å². The van der Waals surface area contributed by atoms with Gasteiger partial charge in [0.25, 0.3) is 0 Å². The zero-order chi connectivity index (χ0) is 21.3. The maximum atomic E-state index is 5.45. The number of ether oxygens (including phenoxy) is 1. The van der Waals surface area contributed by atoms with Crippen molar-refractivity contribution in [1.29, 1.82) is 0 Å². The lowest BCUT2D eigenvalue weighted by Crippen LogP contribution is -2.36. The molecule has 0 fully saturated rings. The lowest BCUT2D eigenvalue weighted by molar-refractivity contribution is 0.134. The smallest absolute Gasteiger partial charge is 0.191 e. The zero-order valence-corrected chi connectivity index (χ0v) is 18.3. The number of hydrogen-bond acceptors (Lipinski definition) is 3. The fourth-order valence-electron chi connectivity index (χ4n) is 3.30. The first-order valence-electron chi connectivity index (χ1n) is 10.3. The first-order chi connectivity index (χ1) is 14.6. The summed E-state index contributed by atoms with van der Waals surface area (Å²) in [5, 5.41) is 11.4. The van der Waals surface area contributed by atoms with Crippen molar-refractivity contribution in [3.05, 3.63) is 82.7 Å². The van der Waals surface area contributed by atoms with E-state index >= 15 is 0 Å². The summed E-state index contributed by atoms with van der Waals surface area (Å²) in [6.45, 7) is 8.83. The number of nitrogens with zero attached hydrogens (tertiary/aromatic N) is 3. The van der Waals surface area contributed by atoms with Crippen molar-refractivity contribution in [1.82, 2.24) is 20.4 Å². The minimum atomic E-state index is 0.654. The number of para-hydroxylation sites is 1. The molecule has 0 atom stereocenters. The molecule has 0 spiro atoms. The van der Waals surface area contributed by atoms with Crippen LogP contribution in [0.5, 0.6) is 0 Å². The Balaban J connectivity index is 1.59. The van der Waals surface area contributed by atoms with E-state index in [1.807, 2.05) is 30.7 Å². The standard InChI is InChI=1S/C24H31N5O/c1-5-30-17-21-12-10-20(11-13-21)15-26-24(25-4)27-16-22-8-6-7-9-23(22)29-19(3)14-18(2)28-29/h6-14H,5,15-17H2,1-4H3,(H2,25,26,27). The van der Waals surface area contributed by atoms with Gasteiger partial charge in [-0.25, -0.2) is 4.68 Å². The Labute approximate surface area is 179 Å². The van der Waals surface area contributed by atoms with Crippen molar-refractivity contribution < 1.29 is 4.74 Å². The van der Waals surface area contributed by atoms with Crippen LogP contribution in [0.25, 0.3) is 5.69 Å². The van der Waals surface area contributed by atoms with Gasteiger partial charge < -0.3 is 15.4 Å². The summed E-state index contributed by atoms with van der Waals surface area (Å²) in [5.74, 6) is 0.761. The molecule has 6 heteroatoms. The van der Waals surface area contributed by atoms with E-state index in [2.05, 4.69) is 70.1 Å². The van der Waals surface area contributed by atoms with Gasteiger partial charge in [0.2, 0.25) is 0 Å². The fourth-order valence-corrected chi connectivity index (χ4v) is 3.30. The molecule has 1 aromatic heterocycles. The predicted octanol–water partition coefficient (Wildman–Crippen LogP) is 3.89. The molecule has 1 heterocycles. The average molecular weight is 406 g/mol. The lowest BCUT2D eigenvalue weighted by atomic mass is 10.1. The maximum Gasteiger partial charge on any atom is 0.191 e. The second-order valence-corrected chi connectivity index (χ2v) is 7.20. The average Bonchev–Trinajstić information content (AvgIpc) is 3.11. The molecule has 0 radical (unpaired) electrons. The molecule has 0 bridgehead atoms. The minimum Gasteiger partial charge on any atom is -0.377 e. The summed E-state index contributed by atoms with van der Waals surface area (Å²) >= 11 is 0. The van der Waals surface area contributed by atoms with Crippen molar-refractivity contribution >= 4 is 5.96 Å². The number of nitrogens with one attached hydrogen (secondary N) is 2. The van der Waals surface area contributed by atoms with Crippen LogP contribution in [0.4, 0.5) is 0 Å². The van der Waals surface area contributed by atoms with Gasteiger partial charge in [0.1, 0.15) is 0 Å². The number of rotatable bonds is 8. The molecule has 0 aliphatic carbocycles. The lowest BCUT2D eigenvalue weighted by Gasteiger charge is -2.15. The van der Waals surface area contributed by atoms with Gasteiger partial charge in [-0.2, -0.15) is 5.10 Å². The molecule has 3 rings (SSSR count). The molecule has 2 N–H and O–H groups in total. The topological polar surface area (TPSA) is 63.5 Å². The van der Waals surface area contributed by atoms with E-state index < -0.39 is 0 Å². The molecular weight excluding hydrogens is 374 g/mol. The Hall–Kier alpha value is -3.12. The molecule has 0 saturated heterocycles. The summed E-state index contributed by atoms with van der Waals surface area (Å²) in [5.41, 5.74) is 6.75. The summed E-state index contributed by atoms with van der Waals surface area (Å²) < 4.78 is 7.44. The Bertz CT molecular complexity index is 976. The number of hydrogen-bond donors (Lipinski definition) is 2. The molecule has 158 valence electrons. The van der Waals surface area contributed by atoms with E-state index in [9.17, 15) is 0 Å². The Morgan fingerprint density at radius 2 is 1.70 bits per heavy atom. The van der Waals surface area contributed by atoms with Crippen molar-refractivity contribution in [3.8, 4) is 5.69 Å². The van der Waals surface area contributed by atoms with E-state index in [0.29, 0.717) is 19.7 Å². The van der Waals surface area contributed by atoms with Crippen molar-refractivity contribution in [2.75, 3.05) is 13.7 Å². The Kier molecular flexibility index (Phi) is 7.63. The van der Waals surface area contributed by atoms with E-state index in [1.165, 1.54) is 11.1 Å². The van der Waals surface area contributed by atoms with Gasteiger partial charge in [0.05, 0.1) is 18.0 Å². The van der Waals surface area contributed by atoms with Crippen LogP contribution in [0.3, 0.4) is 0 Å². The normalized spacial score (nSPS) is 11.5. The van der Waals surface area contributed by atoms with Crippen LogP contribution in [0.2, 0.25) is 0 Å². The van der Waals surface area contributed by atoms with Crippen LogP contribution in [-0.2, 0) is 24.4 Å². The van der Waals surface area contributed by atoms with Crippen LogP contribution in [0.1, 0.15) is 35.0 Å². The van der Waals surface area contributed by atoms with E-state index in [0.717, 1.165) is 35.2 Å². The van der Waals surface area contributed by atoms with Gasteiger partial charge in [-0.15, -0.1) is 0 Å². The first-order valence-corrected chi connectivity index (χ1v) is 10.3. The second-order valence-electron chi connectivity index (χ2n) is 7.20. The Morgan fingerprint density at radius 1 is 1.00 bits per heavy atom. The summed E-state index contributed by atoms with van der Waals surface area (Å²) in [6, 6.07) is 18.8. The molecule has 0 amide bonds. The number of aryl methyl sites for hydroxylation is 2. The van der Waals surface area contributed by atoms with Crippen molar-refractivity contribution in [3.63, 3.8) is 0 Å². The molecule has 0 saturated carbocycles. The van der Waals surface area contributed by atoms with Crippen LogP contribution in [-0.4, -0.2) is 29.4 Å². The molecular formula is C24H31N5O. The highest BCUT2D eigenvalue weighted by Gasteiger charge is 2.09. The third kappa shape index (κ3) is 5.70. The third-order valence-electron chi connectivity index (χ3n) is 4.86. The largest absolute Gasteiger partial charge is 0.377 e. The third-order valence-corrected chi connectivity index (χ3v) is 4.86. The summed E-state index contributed by atoms with van der Waals surface area (Å²) in [7, 11) is 1.79. The summed E-state index contributed by atoms with van der Waals surface area (Å²) in [4.78, 5) is 4.35. The van der Waals surface area contributed by atoms with Gasteiger partial charge in [0, 0.05) is 32.4 Å². The number of aliphatic imine (C=N–C) groups is 1. The number of benzene rings is 2. The van der Waals surface area contributed by atoms with Gasteiger partial charge in [-0.3, -0.25) is 4.99 Å². The Morgan fingerprint density at radius 3 is 2.37 bits per heavy atom. The first kappa shape index (κ1) is 21.6. The van der Waals surface area contributed by atoms with Gasteiger partial charge in [0.15, 0.2) is 5.96 Å². The molecule has 2 aromatic carbocycles. The fraction of sp³-hybridized carbons (Fsp3) is 0.333. The molecule has 0 aliphatic heterocycles. The quantitative estimate of drug-likeness (QED) is 0.441. The minimum absolute atomic E-state index is 0.654.